The van der Waals surface area contributed by atoms with Gasteiger partial charge in [0.25, 0.3) is 5.91 Å². The van der Waals surface area contributed by atoms with E-state index in [0.29, 0.717) is 24.6 Å². The lowest BCUT2D eigenvalue weighted by molar-refractivity contribution is -0.135. The Morgan fingerprint density at radius 1 is 1.10 bits per heavy atom. The van der Waals surface area contributed by atoms with Gasteiger partial charge in [-0.15, -0.1) is 0 Å². The number of nitrogens with zero attached hydrogens (tertiary/aromatic N) is 3. The Morgan fingerprint density at radius 2 is 1.76 bits per heavy atom. The Balaban J connectivity index is 1.51. The average Bonchev–Trinajstić information content (AvgIpc) is 3.41. The third-order valence-corrected chi connectivity index (χ3v) is 7.29. The molecule has 3 amide bonds. The van der Waals surface area contributed by atoms with Crippen LogP contribution in [0.2, 0.25) is 0 Å². The summed E-state index contributed by atoms with van der Waals surface area (Å²) in [7, 11) is 0. The molecular weight excluding hydrogens is 536 g/mol. The topological polar surface area (TPSA) is 152 Å². The van der Waals surface area contributed by atoms with Crippen molar-refractivity contribution in [1.29, 1.82) is 0 Å². The van der Waals surface area contributed by atoms with E-state index in [9.17, 15) is 19.5 Å². The predicted molar refractivity (Wildman–Crippen MR) is 158 cm³/mol. The molecule has 2 atom stereocenters. The number of aromatic hydroxyl groups is 1. The first-order chi connectivity index (χ1) is 20.0. The number of hydrogen-bond donors (Lipinski definition) is 4. The number of aromatic nitrogens is 2. The highest BCUT2D eigenvalue weighted by atomic mass is 16.5. The van der Waals surface area contributed by atoms with Crippen molar-refractivity contribution in [2.75, 3.05) is 25.0 Å². The van der Waals surface area contributed by atoms with Gasteiger partial charge in [0.15, 0.2) is 5.82 Å². The summed E-state index contributed by atoms with van der Waals surface area (Å²) in [6.07, 6.45) is 4.92. The van der Waals surface area contributed by atoms with Gasteiger partial charge in [0.05, 0.1) is 25.1 Å². The number of likely N-dealkylation sites (tertiary alicyclic amines) is 1. The number of carbonyl (C=O) groups excluding carboxylic acids is 3. The maximum atomic E-state index is 13.7. The first-order valence-electron chi connectivity index (χ1n) is 14.1. The van der Waals surface area contributed by atoms with Gasteiger partial charge in [-0.05, 0) is 55.9 Å². The molecule has 2 aromatic carbocycles. The largest absolute Gasteiger partial charge is 0.508 e. The Morgan fingerprint density at radius 3 is 2.40 bits per heavy atom. The van der Waals surface area contributed by atoms with Crippen molar-refractivity contribution < 1.29 is 24.2 Å². The minimum absolute atomic E-state index is 0.0903. The number of ether oxygens (including phenoxy) is 1. The summed E-state index contributed by atoms with van der Waals surface area (Å²) in [4.78, 5) is 45.9. The molecular formula is C31H40N6O5. The number of rotatable bonds is 11. The van der Waals surface area contributed by atoms with Crippen LogP contribution in [-0.4, -0.2) is 68.6 Å². The van der Waals surface area contributed by atoms with Crippen molar-refractivity contribution in [1.82, 2.24) is 19.8 Å². The van der Waals surface area contributed by atoms with Gasteiger partial charge in [-0.2, -0.15) is 0 Å². The van der Waals surface area contributed by atoms with E-state index in [1.807, 2.05) is 35.2 Å². The maximum Gasteiger partial charge on any atom is 0.250 e. The number of carbonyl (C=O) groups is 3. The van der Waals surface area contributed by atoms with E-state index in [0.717, 1.165) is 18.4 Å². The van der Waals surface area contributed by atoms with Crippen LogP contribution in [0.3, 0.4) is 0 Å². The van der Waals surface area contributed by atoms with E-state index < -0.39 is 29.4 Å². The Bertz CT molecular complexity index is 1340. The third kappa shape index (κ3) is 8.17. The number of nitrogens with two attached hydrogens (primary N) is 1. The maximum absolute atomic E-state index is 13.7. The molecule has 1 fully saturated rings. The summed E-state index contributed by atoms with van der Waals surface area (Å²) in [5.74, 6) is -0.274. The fourth-order valence-electron chi connectivity index (χ4n) is 4.65. The lowest BCUT2D eigenvalue weighted by atomic mass is 9.97. The second-order valence-corrected chi connectivity index (χ2v) is 11.4. The van der Waals surface area contributed by atoms with Gasteiger partial charge in [-0.25, -0.2) is 4.98 Å². The van der Waals surface area contributed by atoms with Gasteiger partial charge in [0.1, 0.15) is 17.8 Å². The zero-order valence-electron chi connectivity index (χ0n) is 24.3. The summed E-state index contributed by atoms with van der Waals surface area (Å²) < 4.78 is 7.40. The predicted octanol–water partition coefficient (Wildman–Crippen LogP) is 2.81. The molecule has 11 heteroatoms. The van der Waals surface area contributed by atoms with Gasteiger partial charge >= 0.3 is 0 Å². The molecule has 0 bridgehead atoms. The molecule has 0 spiro atoms. The SMILES string of the molecule is CC1CCN(C(=O)[C@@H](c2ccc(O)cc2)n2cnc(NC(=O)[C@@H](COCc3ccccc3)NC(=O)C(C)(C)N)c2)CC1. The van der Waals surface area contributed by atoms with E-state index in [-0.39, 0.29) is 30.7 Å². The summed E-state index contributed by atoms with van der Waals surface area (Å²) >= 11 is 0. The Hall–Kier alpha value is -4.22. The molecule has 5 N–H and O–H groups in total. The smallest absolute Gasteiger partial charge is 0.250 e. The van der Waals surface area contributed by atoms with Crippen molar-refractivity contribution in [2.24, 2.45) is 11.7 Å². The molecule has 0 aliphatic carbocycles. The number of piperidine rings is 1. The number of imidazole rings is 1. The zero-order valence-corrected chi connectivity index (χ0v) is 24.3. The normalized spacial score (nSPS) is 15.6. The lowest BCUT2D eigenvalue weighted by Gasteiger charge is -2.33. The molecule has 1 aliphatic rings. The average molecular weight is 577 g/mol. The highest BCUT2D eigenvalue weighted by Crippen LogP contribution is 2.27. The first kappa shape index (κ1) is 30.7. The number of benzene rings is 2. The fourth-order valence-corrected chi connectivity index (χ4v) is 4.65. The van der Waals surface area contributed by atoms with Crippen LogP contribution in [0.1, 0.15) is 50.8 Å². The zero-order chi connectivity index (χ0) is 30.3. The summed E-state index contributed by atoms with van der Waals surface area (Å²) in [6.45, 7) is 6.77. The van der Waals surface area contributed by atoms with Crippen LogP contribution in [0.5, 0.6) is 5.75 Å². The minimum Gasteiger partial charge on any atom is -0.508 e. The van der Waals surface area contributed by atoms with Crippen molar-refractivity contribution in [3.8, 4) is 5.75 Å². The third-order valence-electron chi connectivity index (χ3n) is 7.29. The van der Waals surface area contributed by atoms with Crippen molar-refractivity contribution in [3.05, 3.63) is 78.2 Å². The van der Waals surface area contributed by atoms with Gasteiger partial charge in [0.2, 0.25) is 11.8 Å². The van der Waals surface area contributed by atoms with Crippen molar-refractivity contribution >= 4 is 23.5 Å². The van der Waals surface area contributed by atoms with Crippen LogP contribution < -0.4 is 16.4 Å². The summed E-state index contributed by atoms with van der Waals surface area (Å²) in [6, 6.07) is 14.2. The molecule has 3 aromatic rings. The van der Waals surface area contributed by atoms with Gasteiger partial charge in [-0.3, -0.25) is 14.4 Å². The molecule has 1 aliphatic heterocycles. The van der Waals surface area contributed by atoms with Crippen molar-refractivity contribution in [3.63, 3.8) is 0 Å². The molecule has 0 unspecified atom stereocenters. The van der Waals surface area contributed by atoms with E-state index in [1.165, 1.54) is 18.5 Å². The van der Waals surface area contributed by atoms with E-state index >= 15 is 0 Å². The molecule has 224 valence electrons. The monoisotopic (exact) mass is 576 g/mol. The van der Waals surface area contributed by atoms with Crippen LogP contribution in [0.25, 0.3) is 0 Å². The van der Waals surface area contributed by atoms with E-state index in [1.54, 1.807) is 36.7 Å². The lowest BCUT2D eigenvalue weighted by Crippen LogP contribution is -2.56. The first-order valence-corrected chi connectivity index (χ1v) is 14.1. The molecule has 0 saturated carbocycles. The number of nitrogens with one attached hydrogen (secondary N) is 2. The number of anilines is 1. The standard InChI is InChI=1S/C31H40N6O5/c1-21-13-15-36(16-14-21)29(40)27(23-9-11-24(38)12-10-23)37-17-26(33-20-37)35-28(39)25(34-30(41)31(2,3)32)19-42-18-22-7-5-4-6-8-22/h4-12,17,20-21,25,27,38H,13-16,18-19,32H2,1-3H3,(H,34,41)(H,35,39)/t25-,27-/m1/s1. The van der Waals surface area contributed by atoms with Gasteiger partial charge in [0, 0.05) is 19.3 Å². The number of amides is 3. The van der Waals surface area contributed by atoms with E-state index in [4.69, 9.17) is 10.5 Å². The summed E-state index contributed by atoms with van der Waals surface area (Å²) in [5.41, 5.74) is 6.34. The van der Waals surface area contributed by atoms with Gasteiger partial charge < -0.3 is 35.7 Å². The number of hydrogen-bond acceptors (Lipinski definition) is 7. The Kier molecular flexibility index (Phi) is 9.97. The molecule has 0 radical (unpaired) electrons. The van der Waals surface area contributed by atoms with Crippen LogP contribution in [-0.2, 0) is 25.7 Å². The Labute approximate surface area is 246 Å². The van der Waals surface area contributed by atoms with Crippen molar-refractivity contribution in [2.45, 2.75) is 57.8 Å². The number of phenolic OH excluding ortho intramolecular Hbond substituents is 1. The second kappa shape index (κ2) is 13.6. The van der Waals surface area contributed by atoms with Crippen LogP contribution in [0.15, 0.2) is 67.1 Å². The summed E-state index contributed by atoms with van der Waals surface area (Å²) in [5, 5.41) is 15.2. The van der Waals surface area contributed by atoms with Crippen LogP contribution in [0.4, 0.5) is 5.82 Å². The molecule has 1 saturated heterocycles. The quantitative estimate of drug-likeness (QED) is 0.274. The molecule has 1 aromatic heterocycles. The van der Waals surface area contributed by atoms with Crippen LogP contribution >= 0.6 is 0 Å². The molecule has 11 nitrogen and oxygen atoms in total. The minimum atomic E-state index is -1.20. The number of phenols is 1. The van der Waals surface area contributed by atoms with Gasteiger partial charge in [-0.1, -0.05) is 49.4 Å². The highest BCUT2D eigenvalue weighted by molar-refractivity contribution is 5.98. The van der Waals surface area contributed by atoms with E-state index in [2.05, 4.69) is 22.5 Å². The second-order valence-electron chi connectivity index (χ2n) is 11.4. The molecule has 42 heavy (non-hydrogen) atoms. The molecule has 2 heterocycles. The highest BCUT2D eigenvalue weighted by Gasteiger charge is 2.31. The fraction of sp³-hybridized carbons (Fsp3) is 0.419. The van der Waals surface area contributed by atoms with Crippen LogP contribution in [0, 0.1) is 5.92 Å². The molecule has 4 rings (SSSR count).